The monoisotopic (exact) mass is 2050 g/mol. The van der Waals surface area contributed by atoms with Gasteiger partial charge in [-0.3, -0.25) is 62.0 Å². The van der Waals surface area contributed by atoms with Crippen molar-refractivity contribution in [3.63, 3.8) is 0 Å². The number of anilines is 9. The summed E-state index contributed by atoms with van der Waals surface area (Å²) < 4.78 is 43.4. The van der Waals surface area contributed by atoms with Gasteiger partial charge >= 0.3 is 18.3 Å². The van der Waals surface area contributed by atoms with Crippen molar-refractivity contribution in [2.45, 2.75) is 201 Å². The molecule has 4 fully saturated rings. The number of aliphatic hydroxyl groups is 1. The zero-order valence-corrected chi connectivity index (χ0v) is 85.8. The van der Waals surface area contributed by atoms with Gasteiger partial charge in [0.1, 0.15) is 102 Å². The molecular formula is C101H119Cl2N27O17. The van der Waals surface area contributed by atoms with Crippen molar-refractivity contribution in [2.75, 3.05) is 84.4 Å². The van der Waals surface area contributed by atoms with Crippen molar-refractivity contribution < 1.29 is 67.1 Å². The lowest BCUT2D eigenvalue weighted by Crippen LogP contribution is -2.51. The molecule has 147 heavy (non-hydrogen) atoms. The quantitative estimate of drug-likeness (QED) is 0.0143. The lowest BCUT2D eigenvalue weighted by atomic mass is 9.78. The molecule has 14 heterocycles. The van der Waals surface area contributed by atoms with Crippen LogP contribution in [-0.2, 0) is 28.4 Å². The fourth-order valence-electron chi connectivity index (χ4n) is 16.0. The van der Waals surface area contributed by atoms with E-state index >= 15 is 0 Å². The topological polar surface area (TPSA) is 516 Å². The summed E-state index contributed by atoms with van der Waals surface area (Å²) in [5.41, 5.74) is 5.71. The van der Waals surface area contributed by atoms with Gasteiger partial charge in [-0.1, -0.05) is 41.4 Å². The predicted molar refractivity (Wildman–Crippen MR) is 552 cm³/mol. The van der Waals surface area contributed by atoms with E-state index in [1.807, 2.05) is 32.9 Å². The molecule has 0 saturated heterocycles. The lowest BCUT2D eigenvalue weighted by molar-refractivity contribution is -0.0407. The fraction of sp³-hybridized carbons (Fsp3) is 0.396. The second-order valence-electron chi connectivity index (χ2n) is 37.9. The highest BCUT2D eigenvalue weighted by Gasteiger charge is 2.39. The Morgan fingerprint density at radius 1 is 0.435 bits per heavy atom. The number of nitrogen functional groups attached to an aromatic ring is 1. The van der Waals surface area contributed by atoms with Crippen LogP contribution in [0.2, 0.25) is 10.3 Å². The van der Waals surface area contributed by atoms with Crippen molar-refractivity contribution in [1.29, 1.82) is 0 Å². The van der Waals surface area contributed by atoms with Crippen LogP contribution in [0.1, 0.15) is 189 Å². The Hall–Kier alpha value is -15.5. The number of halogens is 2. The third kappa shape index (κ3) is 25.9. The molecule has 18 rings (SSSR count). The van der Waals surface area contributed by atoms with Crippen molar-refractivity contribution >= 4 is 139 Å². The van der Waals surface area contributed by atoms with Gasteiger partial charge in [0.05, 0.1) is 78.1 Å². The van der Waals surface area contributed by atoms with Gasteiger partial charge in [0.25, 0.3) is 28.5 Å². The number of ether oxygens (including phenoxy) is 6. The van der Waals surface area contributed by atoms with Crippen molar-refractivity contribution in [2.24, 2.45) is 11.8 Å². The molecule has 5 amide bonds. The van der Waals surface area contributed by atoms with Gasteiger partial charge in [0.15, 0.2) is 34.2 Å². The van der Waals surface area contributed by atoms with Crippen LogP contribution in [0.5, 0.6) is 0 Å². The van der Waals surface area contributed by atoms with Gasteiger partial charge in [-0.05, 0) is 219 Å². The molecular weight excluding hydrogens is 1930 g/mol. The molecule has 4 aliphatic carbocycles. The van der Waals surface area contributed by atoms with Crippen LogP contribution in [0.25, 0.3) is 40.0 Å². The first-order valence-electron chi connectivity index (χ1n) is 47.9. The van der Waals surface area contributed by atoms with E-state index in [9.17, 15) is 53.1 Å². The molecule has 0 aromatic carbocycles. The van der Waals surface area contributed by atoms with Gasteiger partial charge < -0.3 is 65.8 Å². The maximum atomic E-state index is 13.4. The third-order valence-electron chi connectivity index (χ3n) is 24.0. The summed E-state index contributed by atoms with van der Waals surface area (Å²) in [7, 11) is 6.37. The minimum absolute atomic E-state index is 0.0307. The van der Waals surface area contributed by atoms with E-state index in [-0.39, 0.29) is 139 Å². The van der Waals surface area contributed by atoms with E-state index in [4.69, 9.17) is 57.4 Å². The number of carbonyl (C=O) groups excluding carboxylic acids is 7. The molecule has 4 aliphatic rings. The third-order valence-corrected chi connectivity index (χ3v) is 24.4. The largest absolute Gasteiger partial charge is 0.443 e. The molecule has 0 unspecified atom stereocenters. The standard InChI is InChI=1S/C29H34N8O5.C24H26N8O3.C20H27ClN4O4.C18H23ClN4O4.C10H9N3O/c1-6-41-21-13-12-19(21)33-26(38)18-17-31-37-24(35(5)28(40)42-29(2,3)4)16-22(34-25(18)37)32-20-10-9-15-36(27(20)39)23-11-7-8-14-30-23;1-3-35-18-10-9-16(18)29-23(33)15-14-27-32-21(25-2)13-19(30-22(15)32)28-17-7-6-12-31(24(17)34)20-8-4-5-11-26-20;1-6-28-15-8-7-12(15)9-14(26)13-11-22-25-17(10-16(21)23-18(13)25)24(5)19(27)29-20(2,3)4;1-18(2,3)27-17(26)22(4)15-8-14(19)21-16-11(9-20-23(15)16)13(25)7-10-5-6-12(10)24;11-8-4-3-7-13(10(8)14)9-5-1-2-6-12-9/h7-11,14-17,19,21H,6,12-13H2,1-5H3,(H,32,34)(H,33,38);4-8,11-14,16,18,25H,3,9-10H2,1-2H3,(H,28,30)(H,29,33);10-12,15H,6-9H2,1-5H3;8-10,12,24H,5-7H2,1-4H3;1-7H,11H2/t19-,21-;16-,18-;12-,15+;10-,12+;/m1100./s1. The van der Waals surface area contributed by atoms with Crippen LogP contribution in [0, 0.1) is 11.8 Å². The lowest BCUT2D eigenvalue weighted by Gasteiger charge is -2.36. The van der Waals surface area contributed by atoms with Crippen LogP contribution in [0.15, 0.2) is 192 Å². The molecule has 0 bridgehead atoms. The van der Waals surface area contributed by atoms with Crippen LogP contribution in [-0.4, -0.2) is 235 Å². The molecule has 0 aliphatic heterocycles. The summed E-state index contributed by atoms with van der Waals surface area (Å²) in [5, 5.41) is 42.5. The minimum atomic E-state index is -0.742. The first-order chi connectivity index (χ1) is 70.1. The highest BCUT2D eigenvalue weighted by atomic mass is 35.5. The van der Waals surface area contributed by atoms with Gasteiger partial charge in [-0.25, -0.2) is 49.3 Å². The summed E-state index contributed by atoms with van der Waals surface area (Å²) in [5.74, 6) is 3.05. The summed E-state index contributed by atoms with van der Waals surface area (Å²) in [4.78, 5) is 162. The van der Waals surface area contributed by atoms with Gasteiger partial charge in [-0.2, -0.15) is 38.5 Å². The SMILES string of the molecule is CCO[C@@H]1CC[C@H]1CC(=O)c1cnn2c(N(C)C(=O)OC(C)(C)C)cc(Cl)nc12.CCO[C@@H]1CC[C@H]1NC(=O)c1cnn2c(N(C)C(=O)OC(C)(C)C)cc(Nc3cccn(-c4ccccn4)c3=O)nc12.CCO[C@@H]1CC[C@H]1NC(=O)c1cnn2c(NC)cc(Nc3cccn(-c4ccccn4)c3=O)nc12.CN(C(=O)OC(C)(C)C)c1cc(Cl)nc2c(C(=O)C[C@@H]3CC[C@H]3O)cnn12.Nc1cccn(-c2ccccn2)c1=O. The van der Waals surface area contributed by atoms with Crippen molar-refractivity contribution in [1.82, 2.24) is 97.7 Å². The number of aliphatic hydroxyl groups excluding tert-OH is 1. The Balaban J connectivity index is 0.000000150. The number of nitrogens with two attached hydrogens (primary N) is 1. The second-order valence-corrected chi connectivity index (χ2v) is 38.7. The molecule has 4 saturated carbocycles. The first-order valence-corrected chi connectivity index (χ1v) is 48.7. The molecule has 0 radical (unpaired) electrons. The highest BCUT2D eigenvalue weighted by molar-refractivity contribution is 6.30. The Morgan fingerprint density at radius 2 is 0.796 bits per heavy atom. The summed E-state index contributed by atoms with van der Waals surface area (Å²) in [6.07, 6.45) is 21.1. The predicted octanol–water partition coefficient (Wildman–Crippen LogP) is 14.1. The number of hydrogen-bond acceptors (Lipinski definition) is 32. The summed E-state index contributed by atoms with van der Waals surface area (Å²) in [6.45, 7) is 23.6. The molecule has 44 nitrogen and oxygen atoms in total. The molecule has 14 aromatic heterocycles. The van der Waals surface area contributed by atoms with Crippen LogP contribution >= 0.6 is 23.2 Å². The Morgan fingerprint density at radius 3 is 1.16 bits per heavy atom. The van der Waals surface area contributed by atoms with E-state index in [0.717, 1.165) is 51.4 Å². The van der Waals surface area contributed by atoms with Crippen molar-refractivity contribution in [3.8, 4) is 17.5 Å². The number of aromatic nitrogens is 18. The number of pyridine rings is 6. The normalized spacial score (nSPS) is 17.1. The maximum Gasteiger partial charge on any atom is 0.415 e. The van der Waals surface area contributed by atoms with E-state index in [1.165, 1.54) is 93.0 Å². The number of nitrogens with one attached hydrogen (secondary N) is 5. The number of ketones is 2. The average molecular weight is 2050 g/mol. The Bertz CT molecular complexity index is 7300. The van der Waals surface area contributed by atoms with Crippen LogP contribution in [0.3, 0.4) is 0 Å². The van der Waals surface area contributed by atoms with Crippen LogP contribution in [0.4, 0.5) is 66.4 Å². The average Bonchev–Trinajstić information content (AvgIpc) is 1.63. The van der Waals surface area contributed by atoms with Crippen LogP contribution < -0.4 is 63.7 Å². The number of carbonyl (C=O) groups is 7. The minimum Gasteiger partial charge on any atom is -0.443 e. The molecule has 14 aromatic rings. The molecule has 0 spiro atoms. The number of amides is 5. The first kappa shape index (κ1) is 107. The fourth-order valence-corrected chi connectivity index (χ4v) is 16.4. The number of hydrogen-bond donors (Lipinski definition) is 7. The number of Topliss-reactive ketones (excluding diaryl/α,β-unsaturated/α-hetero) is 2. The maximum absolute atomic E-state index is 13.4. The van der Waals surface area contributed by atoms with Gasteiger partial charge in [0.2, 0.25) is 0 Å². The molecule has 46 heteroatoms. The van der Waals surface area contributed by atoms with Gasteiger partial charge in [-0.15, -0.1) is 0 Å². The highest BCUT2D eigenvalue weighted by Crippen LogP contribution is 2.38. The number of nitrogens with zero attached hydrogens (tertiary/aromatic N) is 21. The second kappa shape index (κ2) is 46.7. The van der Waals surface area contributed by atoms with E-state index in [0.29, 0.717) is 101 Å². The number of fused-ring (bicyclic) bond motifs is 4. The van der Waals surface area contributed by atoms with E-state index in [1.54, 1.807) is 209 Å². The van der Waals surface area contributed by atoms with Gasteiger partial charge in [0, 0.05) is 122 Å². The smallest absolute Gasteiger partial charge is 0.415 e. The zero-order chi connectivity index (χ0) is 106. The van der Waals surface area contributed by atoms with E-state index < -0.39 is 41.2 Å². The Kier molecular flexibility index (Phi) is 34.1. The summed E-state index contributed by atoms with van der Waals surface area (Å²) in [6, 6.07) is 32.1. The van der Waals surface area contributed by atoms with E-state index in [2.05, 4.69) is 81.9 Å². The number of rotatable bonds is 27. The molecule has 8 N–H and O–H groups in total. The zero-order valence-electron chi connectivity index (χ0n) is 84.3. The molecule has 8 atom stereocenters. The van der Waals surface area contributed by atoms with Crippen molar-refractivity contribution in [3.05, 3.63) is 241 Å². The molecule has 774 valence electrons. The Labute approximate surface area is 854 Å². The summed E-state index contributed by atoms with van der Waals surface area (Å²) >= 11 is 12.3.